The smallest absolute Gasteiger partial charge is 0.349 e. The summed E-state index contributed by atoms with van der Waals surface area (Å²) in [6, 6.07) is 8.52. The van der Waals surface area contributed by atoms with Gasteiger partial charge in [0.25, 0.3) is 11.8 Å². The molecule has 2 amide bonds. The van der Waals surface area contributed by atoms with E-state index in [1.807, 2.05) is 0 Å². The highest BCUT2D eigenvalue weighted by atomic mass is 19.1. The molecule has 144 valence electrons. The summed E-state index contributed by atoms with van der Waals surface area (Å²) in [6.07, 6.45) is 2.83. The van der Waals surface area contributed by atoms with Crippen LogP contribution in [-0.4, -0.2) is 40.8 Å². The van der Waals surface area contributed by atoms with E-state index in [1.165, 1.54) is 24.3 Å². The fraction of sp³-hybridized carbons (Fsp3) is 0.250. The second-order valence-corrected chi connectivity index (χ2v) is 6.75. The predicted molar refractivity (Wildman–Crippen MR) is 99.6 cm³/mol. The molecule has 0 radical (unpaired) electrons. The molecule has 2 aromatic heterocycles. The molecule has 8 heteroatoms. The van der Waals surface area contributed by atoms with E-state index in [0.29, 0.717) is 37.0 Å². The van der Waals surface area contributed by atoms with Gasteiger partial charge in [-0.15, -0.1) is 0 Å². The average Bonchev–Trinajstić information content (AvgIpc) is 3.23. The van der Waals surface area contributed by atoms with E-state index >= 15 is 0 Å². The molecule has 0 aliphatic carbocycles. The number of benzene rings is 1. The number of piperidine rings is 1. The first-order chi connectivity index (χ1) is 13.5. The van der Waals surface area contributed by atoms with Gasteiger partial charge in [0.05, 0.1) is 0 Å². The molecule has 1 fully saturated rings. The SMILES string of the molecule is O=C(NC1CCN(C(=O)c2cc3cc(F)ccc3oc2=O)CC1)c1ccc[nH]1. The zero-order valence-electron chi connectivity index (χ0n) is 14.9. The standard InChI is InChI=1S/C20H18FN3O4/c21-13-3-4-17-12(10-13)11-15(20(27)28-17)19(26)24-8-5-14(6-9-24)23-18(25)16-2-1-7-22-16/h1-4,7,10-11,14,22H,5-6,8-9H2,(H,23,25). The lowest BCUT2D eigenvalue weighted by Crippen LogP contribution is -2.47. The van der Waals surface area contributed by atoms with Crippen molar-refractivity contribution in [3.05, 3.63) is 70.1 Å². The second kappa shape index (κ2) is 7.30. The van der Waals surface area contributed by atoms with Crippen molar-refractivity contribution in [2.24, 2.45) is 0 Å². The number of nitrogens with zero attached hydrogens (tertiary/aromatic N) is 1. The third kappa shape index (κ3) is 3.53. The van der Waals surface area contributed by atoms with Gasteiger partial charge in [-0.05, 0) is 49.2 Å². The number of rotatable bonds is 3. The Morgan fingerprint density at radius 3 is 2.68 bits per heavy atom. The fourth-order valence-corrected chi connectivity index (χ4v) is 3.38. The van der Waals surface area contributed by atoms with Crippen LogP contribution in [0.5, 0.6) is 0 Å². The second-order valence-electron chi connectivity index (χ2n) is 6.75. The highest BCUT2D eigenvalue weighted by Gasteiger charge is 2.27. The van der Waals surface area contributed by atoms with Crippen LogP contribution in [0.3, 0.4) is 0 Å². The molecule has 1 aliphatic rings. The van der Waals surface area contributed by atoms with Gasteiger partial charge in [0.2, 0.25) is 0 Å². The van der Waals surface area contributed by atoms with Gasteiger partial charge in [0, 0.05) is 30.7 Å². The molecule has 0 saturated carbocycles. The number of likely N-dealkylation sites (tertiary alicyclic amines) is 1. The molecule has 0 atom stereocenters. The molecule has 7 nitrogen and oxygen atoms in total. The molecule has 0 unspecified atom stereocenters. The zero-order valence-corrected chi connectivity index (χ0v) is 14.9. The van der Waals surface area contributed by atoms with Crippen molar-refractivity contribution in [2.75, 3.05) is 13.1 Å². The van der Waals surface area contributed by atoms with E-state index in [4.69, 9.17) is 4.42 Å². The summed E-state index contributed by atoms with van der Waals surface area (Å²) in [6.45, 7) is 0.796. The maximum atomic E-state index is 13.4. The number of hydrogen-bond acceptors (Lipinski definition) is 4. The van der Waals surface area contributed by atoms with Crippen molar-refractivity contribution < 1.29 is 18.4 Å². The van der Waals surface area contributed by atoms with E-state index in [-0.39, 0.29) is 23.1 Å². The lowest BCUT2D eigenvalue weighted by Gasteiger charge is -2.32. The summed E-state index contributed by atoms with van der Waals surface area (Å²) in [5, 5.41) is 3.29. The Labute approximate surface area is 159 Å². The Bertz CT molecular complexity index is 1080. The Balaban J connectivity index is 1.44. The van der Waals surface area contributed by atoms with Gasteiger partial charge in [0.15, 0.2) is 0 Å². The Kier molecular flexibility index (Phi) is 4.68. The van der Waals surface area contributed by atoms with Gasteiger partial charge in [-0.25, -0.2) is 9.18 Å². The summed E-state index contributed by atoms with van der Waals surface area (Å²) >= 11 is 0. The van der Waals surface area contributed by atoms with Crippen molar-refractivity contribution in [3.63, 3.8) is 0 Å². The molecule has 2 N–H and O–H groups in total. The van der Waals surface area contributed by atoms with Gasteiger partial charge in [0.1, 0.15) is 22.7 Å². The normalized spacial score (nSPS) is 15.0. The van der Waals surface area contributed by atoms with E-state index in [9.17, 15) is 18.8 Å². The predicted octanol–water partition coefficient (Wildman–Crippen LogP) is 2.29. The number of hydrogen-bond donors (Lipinski definition) is 2. The van der Waals surface area contributed by atoms with Crippen molar-refractivity contribution >= 4 is 22.8 Å². The molecule has 4 rings (SSSR count). The van der Waals surface area contributed by atoms with Gasteiger partial charge in [-0.3, -0.25) is 9.59 Å². The van der Waals surface area contributed by atoms with E-state index in [1.54, 1.807) is 23.2 Å². The molecule has 1 aliphatic heterocycles. The molecule has 1 aromatic carbocycles. The molecule has 0 bridgehead atoms. The summed E-state index contributed by atoms with van der Waals surface area (Å²) in [5.74, 6) is -1.11. The average molecular weight is 383 g/mol. The summed E-state index contributed by atoms with van der Waals surface area (Å²) in [4.78, 5) is 41.4. The van der Waals surface area contributed by atoms with Crippen LogP contribution in [0, 0.1) is 5.82 Å². The zero-order chi connectivity index (χ0) is 19.7. The minimum absolute atomic E-state index is 0.0537. The minimum atomic E-state index is -0.744. The Morgan fingerprint density at radius 1 is 1.18 bits per heavy atom. The van der Waals surface area contributed by atoms with E-state index < -0.39 is 17.3 Å². The van der Waals surface area contributed by atoms with Crippen molar-refractivity contribution in [1.82, 2.24) is 15.2 Å². The van der Waals surface area contributed by atoms with Gasteiger partial charge in [-0.2, -0.15) is 0 Å². The minimum Gasteiger partial charge on any atom is -0.422 e. The first-order valence-electron chi connectivity index (χ1n) is 8.98. The lowest BCUT2D eigenvalue weighted by molar-refractivity contribution is 0.0694. The summed E-state index contributed by atoms with van der Waals surface area (Å²) in [7, 11) is 0. The van der Waals surface area contributed by atoms with Crippen LogP contribution in [0.2, 0.25) is 0 Å². The van der Waals surface area contributed by atoms with Crippen molar-refractivity contribution in [2.45, 2.75) is 18.9 Å². The third-order valence-corrected chi connectivity index (χ3v) is 4.88. The molecule has 3 heterocycles. The number of carbonyl (C=O) groups excluding carboxylic acids is 2. The van der Waals surface area contributed by atoms with E-state index in [2.05, 4.69) is 10.3 Å². The summed E-state index contributed by atoms with van der Waals surface area (Å²) < 4.78 is 18.6. The van der Waals surface area contributed by atoms with E-state index in [0.717, 1.165) is 0 Å². The van der Waals surface area contributed by atoms with Crippen LogP contribution >= 0.6 is 0 Å². The number of aromatic amines is 1. The van der Waals surface area contributed by atoms with Gasteiger partial charge < -0.3 is 19.6 Å². The first kappa shape index (κ1) is 18.0. The van der Waals surface area contributed by atoms with Gasteiger partial charge in [-0.1, -0.05) is 0 Å². The molecular formula is C20H18FN3O4. The fourth-order valence-electron chi connectivity index (χ4n) is 3.38. The Morgan fingerprint density at radius 2 is 1.96 bits per heavy atom. The van der Waals surface area contributed by atoms with Crippen molar-refractivity contribution in [1.29, 1.82) is 0 Å². The van der Waals surface area contributed by atoms with Crippen LogP contribution in [0.4, 0.5) is 4.39 Å². The highest BCUT2D eigenvalue weighted by Crippen LogP contribution is 2.18. The van der Waals surface area contributed by atoms with Crippen LogP contribution in [-0.2, 0) is 0 Å². The van der Waals surface area contributed by atoms with Crippen LogP contribution in [0.25, 0.3) is 11.0 Å². The number of fused-ring (bicyclic) bond motifs is 1. The van der Waals surface area contributed by atoms with Crippen molar-refractivity contribution in [3.8, 4) is 0 Å². The molecule has 1 saturated heterocycles. The molecule has 28 heavy (non-hydrogen) atoms. The van der Waals surface area contributed by atoms with Crippen LogP contribution in [0.15, 0.2) is 51.8 Å². The molecular weight excluding hydrogens is 365 g/mol. The first-order valence-corrected chi connectivity index (χ1v) is 8.98. The monoisotopic (exact) mass is 383 g/mol. The Hall–Kier alpha value is -3.42. The largest absolute Gasteiger partial charge is 0.422 e. The van der Waals surface area contributed by atoms with Gasteiger partial charge >= 0.3 is 5.63 Å². The maximum Gasteiger partial charge on any atom is 0.349 e. The van der Waals surface area contributed by atoms with Crippen LogP contribution < -0.4 is 10.9 Å². The topological polar surface area (TPSA) is 95.4 Å². The quantitative estimate of drug-likeness (QED) is 0.679. The highest BCUT2D eigenvalue weighted by molar-refractivity contribution is 5.96. The molecule has 0 spiro atoms. The number of halogens is 1. The van der Waals surface area contributed by atoms with Crippen LogP contribution in [0.1, 0.15) is 33.7 Å². The number of amides is 2. The summed E-state index contributed by atoms with van der Waals surface area (Å²) in [5.41, 5.74) is -0.147. The third-order valence-electron chi connectivity index (χ3n) is 4.88. The number of aromatic nitrogens is 1. The number of nitrogens with one attached hydrogen (secondary N) is 2. The number of carbonyl (C=O) groups is 2. The number of H-pyrrole nitrogens is 1. The lowest BCUT2D eigenvalue weighted by atomic mass is 10.0. The maximum absolute atomic E-state index is 13.4. The molecule has 3 aromatic rings.